The van der Waals surface area contributed by atoms with Crippen LogP contribution in [-0.2, 0) is 9.59 Å². The summed E-state index contributed by atoms with van der Waals surface area (Å²) in [6.45, 7) is 5.34. The van der Waals surface area contributed by atoms with Gasteiger partial charge in [0, 0.05) is 11.8 Å². The van der Waals surface area contributed by atoms with Gasteiger partial charge in [-0.15, -0.1) is 0 Å². The molecular weight excluding hydrogens is 184 g/mol. The van der Waals surface area contributed by atoms with Crippen LogP contribution in [0.4, 0.5) is 0 Å². The number of hydrogen-bond donors (Lipinski definition) is 3. The average Bonchev–Trinajstić information content (AvgIpc) is 2.10. The molecule has 0 saturated heterocycles. The topological polar surface area (TPSA) is 92.4 Å². The Morgan fingerprint density at radius 3 is 2.29 bits per heavy atom. The van der Waals surface area contributed by atoms with E-state index in [1.807, 2.05) is 0 Å². The summed E-state index contributed by atoms with van der Waals surface area (Å²) in [6, 6.07) is -0.646. The van der Waals surface area contributed by atoms with E-state index in [9.17, 15) is 9.59 Å². The van der Waals surface area contributed by atoms with Crippen molar-refractivity contribution >= 4 is 11.7 Å². The summed E-state index contributed by atoms with van der Waals surface area (Å²) in [5.41, 5.74) is 6.60. The Balaban J connectivity index is 4.03. The lowest BCUT2D eigenvalue weighted by Crippen LogP contribution is -2.39. The van der Waals surface area contributed by atoms with Gasteiger partial charge in [-0.05, 0) is 6.42 Å². The molecule has 5 heteroatoms. The number of carbonyl (C=O) groups is 2. The van der Waals surface area contributed by atoms with Crippen molar-refractivity contribution in [3.63, 3.8) is 0 Å². The van der Waals surface area contributed by atoms with E-state index in [4.69, 9.17) is 10.9 Å². The Kier molecular flexibility index (Phi) is 4.73. The number of nitrogens with two attached hydrogens (primary N) is 1. The molecule has 14 heavy (non-hydrogen) atoms. The second-order valence-electron chi connectivity index (χ2n) is 4.29. The zero-order chi connectivity index (χ0) is 11.4. The lowest BCUT2D eigenvalue weighted by atomic mass is 9.85. The van der Waals surface area contributed by atoms with Crippen LogP contribution < -0.4 is 11.2 Å². The number of Topliss-reactive ketones (excluding diaryl/α,β-unsaturated/α-hetero) is 1. The zero-order valence-corrected chi connectivity index (χ0v) is 8.83. The van der Waals surface area contributed by atoms with Crippen LogP contribution in [0.2, 0.25) is 0 Å². The van der Waals surface area contributed by atoms with E-state index in [-0.39, 0.29) is 18.6 Å². The van der Waals surface area contributed by atoms with E-state index in [2.05, 4.69) is 0 Å². The van der Waals surface area contributed by atoms with Gasteiger partial charge in [0.05, 0.1) is 6.04 Å². The van der Waals surface area contributed by atoms with Crippen molar-refractivity contribution in [1.82, 2.24) is 5.48 Å². The highest BCUT2D eigenvalue weighted by Gasteiger charge is 2.27. The van der Waals surface area contributed by atoms with Gasteiger partial charge in [-0.2, -0.15) is 0 Å². The monoisotopic (exact) mass is 202 g/mol. The molecule has 0 aromatic carbocycles. The maximum Gasteiger partial charge on any atom is 0.243 e. The van der Waals surface area contributed by atoms with Crippen LogP contribution in [0, 0.1) is 5.41 Å². The van der Waals surface area contributed by atoms with Gasteiger partial charge in [-0.25, -0.2) is 5.48 Å². The molecule has 0 aromatic heterocycles. The smallest absolute Gasteiger partial charge is 0.243 e. The first-order valence-electron chi connectivity index (χ1n) is 4.52. The number of ketones is 1. The van der Waals surface area contributed by atoms with Crippen molar-refractivity contribution in [2.24, 2.45) is 11.1 Å². The lowest BCUT2D eigenvalue weighted by Gasteiger charge is -2.21. The molecule has 0 aliphatic heterocycles. The van der Waals surface area contributed by atoms with E-state index in [1.165, 1.54) is 5.48 Å². The summed E-state index contributed by atoms with van der Waals surface area (Å²) in [6.07, 6.45) is 0.308. The maximum absolute atomic E-state index is 11.5. The minimum absolute atomic E-state index is 0.0550. The Labute approximate surface area is 83.6 Å². The highest BCUT2D eigenvalue weighted by Crippen LogP contribution is 2.17. The number of nitrogens with one attached hydrogen (secondary N) is 1. The minimum Gasteiger partial charge on any atom is -0.321 e. The van der Waals surface area contributed by atoms with Gasteiger partial charge in [0.15, 0.2) is 5.78 Å². The molecule has 0 fully saturated rings. The third kappa shape index (κ3) is 4.34. The first-order chi connectivity index (χ1) is 6.29. The summed E-state index contributed by atoms with van der Waals surface area (Å²) < 4.78 is 0. The van der Waals surface area contributed by atoms with Crippen molar-refractivity contribution in [3.05, 3.63) is 0 Å². The fourth-order valence-corrected chi connectivity index (χ4v) is 1.03. The van der Waals surface area contributed by atoms with E-state index in [1.54, 1.807) is 20.8 Å². The number of rotatable bonds is 4. The molecule has 0 heterocycles. The van der Waals surface area contributed by atoms with Crippen LogP contribution in [0.25, 0.3) is 0 Å². The molecule has 0 spiro atoms. The highest BCUT2D eigenvalue weighted by molar-refractivity contribution is 5.89. The third-order valence-electron chi connectivity index (χ3n) is 1.88. The Morgan fingerprint density at radius 1 is 1.43 bits per heavy atom. The van der Waals surface area contributed by atoms with E-state index in [0.717, 1.165) is 0 Å². The number of amides is 1. The predicted octanol–water partition coefficient (Wildman–Crippen LogP) is 0.215. The quantitative estimate of drug-likeness (QED) is 0.449. The molecule has 0 bridgehead atoms. The van der Waals surface area contributed by atoms with Crippen molar-refractivity contribution in [2.45, 2.75) is 39.7 Å². The summed E-state index contributed by atoms with van der Waals surface area (Å²) >= 11 is 0. The molecule has 0 radical (unpaired) electrons. The molecule has 0 unspecified atom stereocenters. The van der Waals surface area contributed by atoms with Gasteiger partial charge >= 0.3 is 0 Å². The van der Waals surface area contributed by atoms with Crippen molar-refractivity contribution < 1.29 is 14.8 Å². The lowest BCUT2D eigenvalue weighted by molar-refractivity contribution is -0.130. The minimum atomic E-state index is -0.646. The number of hydrogen-bond acceptors (Lipinski definition) is 4. The second kappa shape index (κ2) is 5.07. The molecule has 1 atom stereocenters. The average molecular weight is 202 g/mol. The fraction of sp³-hybridized carbons (Fsp3) is 0.778. The SMILES string of the molecule is CC(C)(C)C(=O)[C@H](N)CCC(=O)NO. The predicted molar refractivity (Wildman–Crippen MR) is 51.6 cm³/mol. The normalized spacial score (nSPS) is 13.5. The van der Waals surface area contributed by atoms with Crippen LogP contribution in [0.3, 0.4) is 0 Å². The molecule has 0 aliphatic rings. The van der Waals surface area contributed by atoms with Crippen LogP contribution in [-0.4, -0.2) is 22.9 Å². The molecular formula is C9H18N2O3. The fourth-order valence-electron chi connectivity index (χ4n) is 1.03. The second-order valence-corrected chi connectivity index (χ2v) is 4.29. The summed E-state index contributed by atoms with van der Waals surface area (Å²) in [4.78, 5) is 22.2. The molecule has 4 N–H and O–H groups in total. The van der Waals surface area contributed by atoms with Gasteiger partial charge in [0.2, 0.25) is 5.91 Å². The highest BCUT2D eigenvalue weighted by atomic mass is 16.5. The van der Waals surface area contributed by atoms with Crippen molar-refractivity contribution in [3.8, 4) is 0 Å². The summed E-state index contributed by atoms with van der Waals surface area (Å²) in [5, 5.41) is 8.22. The molecule has 0 aromatic rings. The van der Waals surface area contributed by atoms with Crippen LogP contribution in [0.15, 0.2) is 0 Å². The van der Waals surface area contributed by atoms with Gasteiger partial charge in [0.25, 0.3) is 0 Å². The first kappa shape index (κ1) is 13.1. The van der Waals surface area contributed by atoms with Gasteiger partial charge < -0.3 is 5.73 Å². The number of carbonyl (C=O) groups excluding carboxylic acids is 2. The van der Waals surface area contributed by atoms with Gasteiger partial charge in [-0.3, -0.25) is 14.8 Å². The Morgan fingerprint density at radius 2 is 1.93 bits per heavy atom. The molecule has 0 saturated carbocycles. The van der Waals surface area contributed by atoms with Crippen molar-refractivity contribution in [1.29, 1.82) is 0 Å². The molecule has 0 aliphatic carbocycles. The zero-order valence-electron chi connectivity index (χ0n) is 8.83. The van der Waals surface area contributed by atoms with Gasteiger partial charge in [0.1, 0.15) is 0 Å². The molecule has 5 nitrogen and oxygen atoms in total. The van der Waals surface area contributed by atoms with E-state index >= 15 is 0 Å². The Bertz CT molecular complexity index is 221. The van der Waals surface area contributed by atoms with E-state index < -0.39 is 17.4 Å². The van der Waals surface area contributed by atoms with Crippen molar-refractivity contribution in [2.75, 3.05) is 0 Å². The standard InChI is InChI=1S/C9H18N2O3/c1-9(2,3)8(13)6(10)4-5-7(12)11-14/h6,14H,4-5,10H2,1-3H3,(H,11,12)/t6-/m1/s1. The van der Waals surface area contributed by atoms with E-state index in [0.29, 0.717) is 0 Å². The third-order valence-corrected chi connectivity index (χ3v) is 1.88. The van der Waals surface area contributed by atoms with Crippen LogP contribution >= 0.6 is 0 Å². The maximum atomic E-state index is 11.5. The van der Waals surface area contributed by atoms with Crippen LogP contribution in [0.5, 0.6) is 0 Å². The molecule has 82 valence electrons. The largest absolute Gasteiger partial charge is 0.321 e. The Hall–Kier alpha value is -0.940. The van der Waals surface area contributed by atoms with Crippen LogP contribution in [0.1, 0.15) is 33.6 Å². The molecule has 1 amide bonds. The summed E-state index contributed by atoms with van der Waals surface area (Å²) in [5.74, 6) is -0.606. The molecule has 0 rings (SSSR count). The summed E-state index contributed by atoms with van der Waals surface area (Å²) in [7, 11) is 0. The number of hydroxylamine groups is 1. The van der Waals surface area contributed by atoms with Gasteiger partial charge in [-0.1, -0.05) is 20.8 Å². The first-order valence-corrected chi connectivity index (χ1v) is 4.52.